The molecule has 0 aromatic carbocycles. The largest absolute Gasteiger partial charge is 2.00 e. The van der Waals surface area contributed by atoms with E-state index in [9.17, 15) is 35.5 Å². The zero-order valence-electron chi connectivity index (χ0n) is 19.4. The van der Waals surface area contributed by atoms with Crippen molar-refractivity contribution in [2.75, 3.05) is 11.5 Å². The first-order valence-corrected chi connectivity index (χ1v) is 13.4. The van der Waals surface area contributed by atoms with Gasteiger partial charge in [-0.25, -0.2) is 26.4 Å². The SMILES string of the molecule is C=CC(=O)OC(C)CCCCCS(=O)(=O)[O-].C=CC(=O)OC(C)CCCCCS(=O)(=O)[O-].[Mg+2]. The fourth-order valence-electron chi connectivity index (χ4n) is 2.39. The van der Waals surface area contributed by atoms with Crippen molar-refractivity contribution in [3.05, 3.63) is 25.3 Å². The minimum atomic E-state index is -4.10. The standard InChI is InChI=1S/2C10H18O5S.Mg/c2*1-3-10(11)15-9(2)7-5-4-6-8-16(12,13)14;/h2*3,9H,1,4-8H2,2H3,(H,12,13,14);/q;;+2/p-2. The second-order valence-electron chi connectivity index (χ2n) is 7.13. The smallest absolute Gasteiger partial charge is 0.748 e. The Morgan fingerprint density at radius 1 is 0.727 bits per heavy atom. The molecule has 0 saturated carbocycles. The van der Waals surface area contributed by atoms with E-state index >= 15 is 0 Å². The van der Waals surface area contributed by atoms with E-state index in [-0.39, 0.29) is 46.8 Å². The zero-order chi connectivity index (χ0) is 25.2. The van der Waals surface area contributed by atoms with Crippen LogP contribution < -0.4 is 0 Å². The van der Waals surface area contributed by atoms with Gasteiger partial charge in [0.15, 0.2) is 0 Å². The second kappa shape index (κ2) is 20.4. The molecule has 0 amide bonds. The van der Waals surface area contributed by atoms with Crippen molar-refractivity contribution in [3.63, 3.8) is 0 Å². The van der Waals surface area contributed by atoms with Crippen LogP contribution in [0.5, 0.6) is 0 Å². The Morgan fingerprint density at radius 2 is 1.03 bits per heavy atom. The van der Waals surface area contributed by atoms with Crippen LogP contribution >= 0.6 is 0 Å². The van der Waals surface area contributed by atoms with Gasteiger partial charge in [-0.05, 0) is 52.4 Å². The van der Waals surface area contributed by atoms with Crippen LogP contribution in [0.15, 0.2) is 25.3 Å². The van der Waals surface area contributed by atoms with Gasteiger partial charge in [-0.3, -0.25) is 0 Å². The molecule has 0 aromatic heterocycles. The summed E-state index contributed by atoms with van der Waals surface area (Å²) in [6, 6.07) is 0. The molecule has 2 unspecified atom stereocenters. The van der Waals surface area contributed by atoms with Crippen molar-refractivity contribution < 1.29 is 45.0 Å². The fourth-order valence-corrected chi connectivity index (χ4v) is 3.50. The molecule has 0 aliphatic rings. The molecule has 0 spiro atoms. The summed E-state index contributed by atoms with van der Waals surface area (Å²) in [6.45, 7) is 10.1. The summed E-state index contributed by atoms with van der Waals surface area (Å²) in [5.41, 5.74) is 0. The molecule has 0 radical (unpaired) electrons. The molecule has 0 aromatic rings. The van der Waals surface area contributed by atoms with Crippen LogP contribution in [0.3, 0.4) is 0 Å². The maximum absolute atomic E-state index is 10.8. The van der Waals surface area contributed by atoms with Crippen molar-refractivity contribution >= 4 is 55.2 Å². The van der Waals surface area contributed by atoms with Gasteiger partial charge in [0.25, 0.3) is 0 Å². The van der Waals surface area contributed by atoms with Gasteiger partial charge in [0.1, 0.15) is 0 Å². The summed E-state index contributed by atoms with van der Waals surface area (Å²) >= 11 is 0. The van der Waals surface area contributed by atoms with Crippen molar-refractivity contribution in [1.29, 1.82) is 0 Å². The van der Waals surface area contributed by atoms with Gasteiger partial charge in [0.2, 0.25) is 0 Å². The number of carbonyl (C=O) groups is 2. The van der Waals surface area contributed by atoms with E-state index in [1.54, 1.807) is 13.8 Å². The predicted molar refractivity (Wildman–Crippen MR) is 123 cm³/mol. The van der Waals surface area contributed by atoms with Gasteiger partial charge in [-0.2, -0.15) is 0 Å². The van der Waals surface area contributed by atoms with Gasteiger partial charge < -0.3 is 18.6 Å². The molecule has 188 valence electrons. The topological polar surface area (TPSA) is 167 Å². The van der Waals surface area contributed by atoms with E-state index in [1.807, 2.05) is 0 Å². The molecule has 10 nitrogen and oxygen atoms in total. The molecular formula is C20H34MgO10S2. The number of unbranched alkanes of at least 4 members (excludes halogenated alkanes) is 4. The van der Waals surface area contributed by atoms with Crippen LogP contribution in [0.25, 0.3) is 0 Å². The van der Waals surface area contributed by atoms with Crippen molar-refractivity contribution in [2.45, 2.75) is 77.4 Å². The summed E-state index contributed by atoms with van der Waals surface area (Å²) < 4.78 is 71.5. The molecule has 33 heavy (non-hydrogen) atoms. The van der Waals surface area contributed by atoms with Crippen LogP contribution in [0.2, 0.25) is 0 Å². The van der Waals surface area contributed by atoms with Crippen LogP contribution in [0.4, 0.5) is 0 Å². The monoisotopic (exact) mass is 522 g/mol. The quantitative estimate of drug-likeness (QED) is 0.0961. The summed E-state index contributed by atoms with van der Waals surface area (Å²) in [6.07, 6.45) is 6.50. The van der Waals surface area contributed by atoms with Gasteiger partial charge >= 0.3 is 35.0 Å². The Bertz CT molecular complexity index is 713. The molecular weight excluding hydrogens is 489 g/mol. The molecule has 0 aliphatic carbocycles. The molecule has 13 heteroatoms. The molecule has 0 saturated heterocycles. The summed E-state index contributed by atoms with van der Waals surface area (Å²) in [7, 11) is -8.19. The van der Waals surface area contributed by atoms with Gasteiger partial charge in [-0.15, -0.1) is 0 Å². The molecule has 0 fully saturated rings. The first kappa shape index (κ1) is 36.6. The summed E-state index contributed by atoms with van der Waals surface area (Å²) in [5.74, 6) is -1.58. The molecule has 0 heterocycles. The van der Waals surface area contributed by atoms with E-state index < -0.39 is 32.2 Å². The first-order valence-electron chi connectivity index (χ1n) is 10.2. The third kappa shape index (κ3) is 31.0. The van der Waals surface area contributed by atoms with E-state index in [4.69, 9.17) is 9.47 Å². The molecule has 0 aliphatic heterocycles. The van der Waals surface area contributed by atoms with E-state index in [2.05, 4.69) is 13.2 Å². The van der Waals surface area contributed by atoms with Gasteiger partial charge in [0, 0.05) is 23.7 Å². The van der Waals surface area contributed by atoms with Gasteiger partial charge in [0.05, 0.1) is 32.4 Å². The predicted octanol–water partition coefficient (Wildman–Crippen LogP) is 2.04. The number of rotatable bonds is 16. The number of hydrogen-bond donors (Lipinski definition) is 0. The Hall–Kier alpha value is -0.994. The normalized spacial score (nSPS) is 12.7. The maximum atomic E-state index is 10.8. The Morgan fingerprint density at radius 3 is 1.27 bits per heavy atom. The summed E-state index contributed by atoms with van der Waals surface area (Å²) in [4.78, 5) is 21.6. The average molecular weight is 523 g/mol. The molecule has 2 atom stereocenters. The molecule has 0 bridgehead atoms. The number of carbonyl (C=O) groups excluding carboxylic acids is 2. The summed E-state index contributed by atoms with van der Waals surface area (Å²) in [5, 5.41) is 0. The van der Waals surface area contributed by atoms with Crippen molar-refractivity contribution in [3.8, 4) is 0 Å². The second-order valence-corrected chi connectivity index (χ2v) is 10.2. The zero-order valence-corrected chi connectivity index (χ0v) is 22.4. The Kier molecular flexibility index (Phi) is 22.6. The average Bonchev–Trinajstić information content (AvgIpc) is 2.65. The van der Waals surface area contributed by atoms with E-state index in [0.717, 1.165) is 25.0 Å². The molecule has 0 N–H and O–H groups in total. The third-order valence-electron chi connectivity index (χ3n) is 3.98. The number of esters is 2. The van der Waals surface area contributed by atoms with Crippen LogP contribution in [-0.4, -0.2) is 84.6 Å². The van der Waals surface area contributed by atoms with Crippen LogP contribution in [0.1, 0.15) is 65.2 Å². The van der Waals surface area contributed by atoms with Crippen LogP contribution in [0, 0.1) is 0 Å². The van der Waals surface area contributed by atoms with Crippen LogP contribution in [-0.2, 0) is 39.3 Å². The third-order valence-corrected chi connectivity index (χ3v) is 5.56. The first-order chi connectivity index (χ1) is 14.7. The number of hydrogen-bond acceptors (Lipinski definition) is 10. The minimum Gasteiger partial charge on any atom is -0.748 e. The minimum absolute atomic E-state index is 0. The van der Waals surface area contributed by atoms with Gasteiger partial charge in [-0.1, -0.05) is 26.0 Å². The maximum Gasteiger partial charge on any atom is 2.00 e. The number of ether oxygens (including phenoxy) is 2. The fraction of sp³-hybridized carbons (Fsp3) is 0.700. The van der Waals surface area contributed by atoms with Crippen molar-refractivity contribution in [2.24, 2.45) is 0 Å². The molecule has 0 rings (SSSR count). The van der Waals surface area contributed by atoms with Crippen molar-refractivity contribution in [1.82, 2.24) is 0 Å². The van der Waals surface area contributed by atoms with E-state index in [0.29, 0.717) is 38.5 Å². The van der Waals surface area contributed by atoms with E-state index in [1.165, 1.54) is 0 Å². The Balaban J connectivity index is -0.000000529. The Labute approximate surface area is 213 Å².